The first-order valence-electron chi connectivity index (χ1n) is 8.37. The highest BCUT2D eigenvalue weighted by atomic mass is 16.3. The minimum absolute atomic E-state index is 0.266. The number of hydrogen-bond acceptors (Lipinski definition) is 5. The maximum absolute atomic E-state index is 13.0. The number of fused-ring (bicyclic) bond motifs is 1. The minimum atomic E-state index is -0.836. The van der Waals surface area contributed by atoms with E-state index in [1.807, 2.05) is 18.2 Å². The largest absolute Gasteiger partial charge is 0.504 e. The Morgan fingerprint density at radius 2 is 1.61 bits per heavy atom. The first-order chi connectivity index (χ1) is 13.5. The fourth-order valence-electron chi connectivity index (χ4n) is 3.08. The van der Waals surface area contributed by atoms with E-state index in [4.69, 9.17) is 0 Å². The molecule has 0 aromatic heterocycles. The van der Waals surface area contributed by atoms with Crippen molar-refractivity contribution in [2.45, 2.75) is 0 Å². The van der Waals surface area contributed by atoms with Crippen LogP contribution >= 0.6 is 0 Å². The summed E-state index contributed by atoms with van der Waals surface area (Å²) in [6.07, 6.45) is 1.25. The molecule has 0 radical (unpaired) electrons. The second-order valence-corrected chi connectivity index (χ2v) is 6.20. The Bertz CT molecular complexity index is 1180. The van der Waals surface area contributed by atoms with E-state index in [9.17, 15) is 24.6 Å². The molecule has 3 aromatic rings. The average molecular weight is 374 g/mol. The van der Waals surface area contributed by atoms with E-state index in [0.29, 0.717) is 16.6 Å². The molecule has 4 rings (SSSR count). The zero-order valence-corrected chi connectivity index (χ0v) is 14.4. The van der Waals surface area contributed by atoms with Gasteiger partial charge in [0.05, 0.1) is 5.69 Å². The molecule has 3 N–H and O–H groups in total. The van der Waals surface area contributed by atoms with Crippen LogP contribution < -0.4 is 10.2 Å². The zero-order valence-electron chi connectivity index (χ0n) is 14.4. The monoisotopic (exact) mass is 374 g/mol. The number of nitrogens with one attached hydrogen (secondary N) is 1. The van der Waals surface area contributed by atoms with E-state index in [-0.39, 0.29) is 17.1 Å². The van der Waals surface area contributed by atoms with Crippen molar-refractivity contribution in [2.75, 3.05) is 4.90 Å². The molecule has 0 saturated carbocycles. The number of carbonyl (C=O) groups is 3. The lowest BCUT2D eigenvalue weighted by molar-refractivity contribution is -0.122. The molecule has 1 saturated heterocycles. The number of anilines is 1. The van der Waals surface area contributed by atoms with Crippen molar-refractivity contribution >= 4 is 40.4 Å². The Morgan fingerprint density at radius 1 is 0.857 bits per heavy atom. The molecule has 0 aliphatic carbocycles. The number of carbonyl (C=O) groups excluding carboxylic acids is 3. The zero-order chi connectivity index (χ0) is 19.8. The number of hydrogen-bond donors (Lipinski definition) is 3. The molecular formula is C21H14N2O5. The maximum Gasteiger partial charge on any atom is 0.335 e. The first-order valence-corrected chi connectivity index (χ1v) is 8.37. The van der Waals surface area contributed by atoms with Crippen molar-refractivity contribution in [2.24, 2.45) is 0 Å². The third kappa shape index (κ3) is 2.84. The maximum atomic E-state index is 13.0. The van der Waals surface area contributed by atoms with Crippen LogP contribution in [-0.4, -0.2) is 28.1 Å². The normalized spacial score (nSPS) is 15.9. The molecule has 0 spiro atoms. The second kappa shape index (κ2) is 6.55. The summed E-state index contributed by atoms with van der Waals surface area (Å²) in [5.41, 5.74) is 0.409. The summed E-state index contributed by atoms with van der Waals surface area (Å²) < 4.78 is 0. The third-order valence-electron chi connectivity index (χ3n) is 4.42. The van der Waals surface area contributed by atoms with E-state index in [2.05, 4.69) is 5.32 Å². The molecule has 4 amide bonds. The molecular weight excluding hydrogens is 360 g/mol. The molecule has 138 valence electrons. The molecule has 1 aliphatic rings. The average Bonchev–Trinajstić information content (AvgIpc) is 2.68. The van der Waals surface area contributed by atoms with Gasteiger partial charge < -0.3 is 10.2 Å². The van der Waals surface area contributed by atoms with Gasteiger partial charge in [0, 0.05) is 5.39 Å². The van der Waals surface area contributed by atoms with Gasteiger partial charge in [0.1, 0.15) is 5.57 Å². The highest BCUT2D eigenvalue weighted by Crippen LogP contribution is 2.30. The van der Waals surface area contributed by atoms with Crippen molar-refractivity contribution in [1.82, 2.24) is 5.32 Å². The third-order valence-corrected chi connectivity index (χ3v) is 4.42. The summed E-state index contributed by atoms with van der Waals surface area (Å²) in [5, 5.41) is 22.7. The molecule has 0 unspecified atom stereocenters. The van der Waals surface area contributed by atoms with Crippen LogP contribution in [0.5, 0.6) is 11.5 Å². The summed E-state index contributed by atoms with van der Waals surface area (Å²) in [5.74, 6) is -2.33. The number of imide groups is 2. The smallest absolute Gasteiger partial charge is 0.335 e. The number of urea groups is 1. The number of phenols is 2. The lowest BCUT2D eigenvalue weighted by Crippen LogP contribution is -2.54. The van der Waals surface area contributed by atoms with Crippen LogP contribution in [0.15, 0.2) is 66.2 Å². The molecule has 3 aromatic carbocycles. The Morgan fingerprint density at radius 3 is 2.39 bits per heavy atom. The van der Waals surface area contributed by atoms with E-state index < -0.39 is 17.8 Å². The number of rotatable bonds is 2. The molecule has 0 bridgehead atoms. The van der Waals surface area contributed by atoms with Crippen LogP contribution in [-0.2, 0) is 9.59 Å². The molecule has 1 heterocycles. The van der Waals surface area contributed by atoms with Crippen LogP contribution in [0.1, 0.15) is 5.56 Å². The van der Waals surface area contributed by atoms with Gasteiger partial charge in [-0.2, -0.15) is 0 Å². The van der Waals surface area contributed by atoms with Crippen LogP contribution in [0.25, 0.3) is 16.8 Å². The van der Waals surface area contributed by atoms with Gasteiger partial charge in [-0.3, -0.25) is 14.9 Å². The van der Waals surface area contributed by atoms with Gasteiger partial charge >= 0.3 is 6.03 Å². The Kier molecular flexibility index (Phi) is 4.04. The number of benzene rings is 3. The Labute approximate surface area is 159 Å². The predicted molar refractivity (Wildman–Crippen MR) is 103 cm³/mol. The summed E-state index contributed by atoms with van der Waals surface area (Å²) in [6.45, 7) is 0. The number of aromatic hydroxyl groups is 2. The molecule has 28 heavy (non-hydrogen) atoms. The predicted octanol–water partition coefficient (Wildman–Crippen LogP) is 2.92. The number of amides is 4. The topological polar surface area (TPSA) is 107 Å². The van der Waals surface area contributed by atoms with Gasteiger partial charge in [0.25, 0.3) is 11.8 Å². The van der Waals surface area contributed by atoms with E-state index >= 15 is 0 Å². The highest BCUT2D eigenvalue weighted by molar-refractivity contribution is 6.40. The Hall–Kier alpha value is -4.13. The number of barbiturate groups is 1. The van der Waals surface area contributed by atoms with Crippen LogP contribution in [0.2, 0.25) is 0 Å². The van der Waals surface area contributed by atoms with Gasteiger partial charge in [-0.1, -0.05) is 42.5 Å². The van der Waals surface area contributed by atoms with Crippen molar-refractivity contribution in [3.8, 4) is 11.5 Å². The Balaban J connectivity index is 1.82. The van der Waals surface area contributed by atoms with Crippen molar-refractivity contribution < 1.29 is 24.6 Å². The SMILES string of the molecule is O=C1NC(=O)N(c2cccc3ccccc23)C(=O)/C1=C/c1ccc(O)c(O)c1. The summed E-state index contributed by atoms with van der Waals surface area (Å²) in [4.78, 5) is 38.6. The van der Waals surface area contributed by atoms with Crippen LogP contribution in [0.3, 0.4) is 0 Å². The van der Waals surface area contributed by atoms with Gasteiger partial charge in [-0.25, -0.2) is 9.69 Å². The molecule has 1 fully saturated rings. The van der Waals surface area contributed by atoms with Gasteiger partial charge in [-0.05, 0) is 35.2 Å². The molecule has 0 atom stereocenters. The van der Waals surface area contributed by atoms with Crippen molar-refractivity contribution in [1.29, 1.82) is 0 Å². The number of phenolic OH excluding ortho intramolecular Hbond substituents is 2. The second-order valence-electron chi connectivity index (χ2n) is 6.20. The summed E-state index contributed by atoms with van der Waals surface area (Å²) in [7, 11) is 0. The lowest BCUT2D eigenvalue weighted by atomic mass is 10.0. The van der Waals surface area contributed by atoms with Gasteiger partial charge in [0.2, 0.25) is 0 Å². The van der Waals surface area contributed by atoms with E-state index in [0.717, 1.165) is 10.3 Å². The van der Waals surface area contributed by atoms with Crippen molar-refractivity contribution in [3.05, 3.63) is 71.8 Å². The van der Waals surface area contributed by atoms with Crippen molar-refractivity contribution in [3.63, 3.8) is 0 Å². The molecule has 7 heteroatoms. The first kappa shape index (κ1) is 17.3. The number of nitrogens with zero attached hydrogens (tertiary/aromatic N) is 1. The quantitative estimate of drug-likeness (QED) is 0.363. The van der Waals surface area contributed by atoms with E-state index in [1.54, 1.807) is 24.3 Å². The standard InChI is InChI=1S/C21H14N2O5/c24-17-9-8-12(11-18(17)25)10-15-19(26)22-21(28)23(20(15)27)16-7-3-5-13-4-1-2-6-14(13)16/h1-11,24-25H,(H,22,26,28)/b15-10+. The minimum Gasteiger partial charge on any atom is -0.504 e. The van der Waals surface area contributed by atoms with Gasteiger partial charge in [-0.15, -0.1) is 0 Å². The summed E-state index contributed by atoms with van der Waals surface area (Å²) >= 11 is 0. The highest BCUT2D eigenvalue weighted by Gasteiger charge is 2.37. The molecule has 7 nitrogen and oxygen atoms in total. The van der Waals surface area contributed by atoms with Crippen LogP contribution in [0.4, 0.5) is 10.5 Å². The van der Waals surface area contributed by atoms with E-state index in [1.165, 1.54) is 24.3 Å². The molecule has 1 aliphatic heterocycles. The fraction of sp³-hybridized carbons (Fsp3) is 0. The van der Waals surface area contributed by atoms with Gasteiger partial charge in [0.15, 0.2) is 11.5 Å². The lowest BCUT2D eigenvalue weighted by Gasteiger charge is -2.27. The fourth-order valence-corrected chi connectivity index (χ4v) is 3.08. The summed E-state index contributed by atoms with van der Waals surface area (Å²) in [6, 6.07) is 15.5. The van der Waals surface area contributed by atoms with Crippen LogP contribution in [0, 0.1) is 0 Å².